The van der Waals surface area contributed by atoms with Crippen LogP contribution < -0.4 is 10.5 Å². The fourth-order valence-corrected chi connectivity index (χ4v) is 1.62. The number of rotatable bonds is 6. The lowest BCUT2D eigenvalue weighted by molar-refractivity contribution is 0.109. The quantitative estimate of drug-likeness (QED) is 0.632. The molecule has 0 saturated carbocycles. The van der Waals surface area contributed by atoms with Gasteiger partial charge in [0.2, 0.25) is 0 Å². The van der Waals surface area contributed by atoms with Crippen molar-refractivity contribution in [2.24, 2.45) is 11.7 Å². The van der Waals surface area contributed by atoms with E-state index in [9.17, 15) is 0 Å². The zero-order valence-corrected chi connectivity index (χ0v) is 12.0. The predicted molar refractivity (Wildman–Crippen MR) is 78.0 cm³/mol. The molecule has 0 amide bonds. The number of methoxy groups -OCH3 is 1. The summed E-state index contributed by atoms with van der Waals surface area (Å²) in [5.41, 5.74) is 7.34. The van der Waals surface area contributed by atoms with Gasteiger partial charge in [-0.2, -0.15) is 0 Å². The highest BCUT2D eigenvalue weighted by Gasteiger charge is 2.04. The summed E-state index contributed by atoms with van der Waals surface area (Å²) in [6.07, 6.45) is 1.06. The highest BCUT2D eigenvalue weighted by Crippen LogP contribution is 2.20. The van der Waals surface area contributed by atoms with Crippen molar-refractivity contribution in [1.82, 2.24) is 0 Å². The summed E-state index contributed by atoms with van der Waals surface area (Å²) < 4.78 is 11.0. The van der Waals surface area contributed by atoms with Crippen LogP contribution in [-0.2, 0) is 11.3 Å². The van der Waals surface area contributed by atoms with Crippen LogP contribution in [0.4, 0.5) is 0 Å². The molecule has 1 aromatic rings. The zero-order valence-electron chi connectivity index (χ0n) is 12.0. The summed E-state index contributed by atoms with van der Waals surface area (Å²) in [5, 5.41) is 0. The van der Waals surface area contributed by atoms with Gasteiger partial charge >= 0.3 is 0 Å². The molecule has 0 radical (unpaired) electrons. The van der Waals surface area contributed by atoms with E-state index in [1.807, 2.05) is 18.2 Å². The van der Waals surface area contributed by atoms with Crippen molar-refractivity contribution in [3.05, 3.63) is 29.3 Å². The monoisotopic (exact) mass is 261 g/mol. The first-order valence-corrected chi connectivity index (χ1v) is 6.61. The molecule has 0 atom stereocenters. The van der Waals surface area contributed by atoms with Crippen LogP contribution in [0.1, 0.15) is 31.4 Å². The lowest BCUT2D eigenvalue weighted by Crippen LogP contribution is -2.01. The van der Waals surface area contributed by atoms with Gasteiger partial charge in [-0.25, -0.2) is 0 Å². The molecule has 1 rings (SSSR count). The lowest BCUT2D eigenvalue weighted by Gasteiger charge is -2.10. The molecule has 0 aliphatic carbocycles. The molecule has 104 valence electrons. The molecule has 19 heavy (non-hydrogen) atoms. The second-order valence-electron chi connectivity index (χ2n) is 4.77. The van der Waals surface area contributed by atoms with Gasteiger partial charge in [0.1, 0.15) is 5.75 Å². The Morgan fingerprint density at radius 3 is 2.74 bits per heavy atom. The molecular formula is C16H23NO2. The first-order chi connectivity index (χ1) is 9.17. The Labute approximate surface area is 116 Å². The number of hydrogen-bond donors (Lipinski definition) is 1. The first-order valence-electron chi connectivity index (χ1n) is 6.61. The van der Waals surface area contributed by atoms with E-state index in [1.54, 1.807) is 7.11 Å². The van der Waals surface area contributed by atoms with Gasteiger partial charge in [0.25, 0.3) is 0 Å². The van der Waals surface area contributed by atoms with E-state index < -0.39 is 0 Å². The molecule has 3 nitrogen and oxygen atoms in total. The van der Waals surface area contributed by atoms with Gasteiger partial charge in [-0.1, -0.05) is 25.7 Å². The Balaban J connectivity index is 2.67. The van der Waals surface area contributed by atoms with Crippen LogP contribution in [0.5, 0.6) is 5.75 Å². The van der Waals surface area contributed by atoms with Crippen molar-refractivity contribution < 1.29 is 9.47 Å². The van der Waals surface area contributed by atoms with E-state index in [0.29, 0.717) is 19.1 Å². The lowest BCUT2D eigenvalue weighted by atomic mass is 10.1. The molecule has 0 unspecified atom stereocenters. The number of hydrogen-bond acceptors (Lipinski definition) is 3. The summed E-state index contributed by atoms with van der Waals surface area (Å²) in [7, 11) is 1.66. The molecular weight excluding hydrogens is 238 g/mol. The van der Waals surface area contributed by atoms with Crippen LogP contribution in [0.25, 0.3) is 0 Å². The van der Waals surface area contributed by atoms with Crippen molar-refractivity contribution in [3.63, 3.8) is 0 Å². The van der Waals surface area contributed by atoms with Crippen molar-refractivity contribution in [2.45, 2.75) is 26.9 Å². The zero-order chi connectivity index (χ0) is 14.1. The molecule has 0 saturated heterocycles. The molecule has 3 heteroatoms. The van der Waals surface area contributed by atoms with Crippen LogP contribution in [0.3, 0.4) is 0 Å². The average molecular weight is 261 g/mol. The van der Waals surface area contributed by atoms with Crippen LogP contribution in [0.2, 0.25) is 0 Å². The van der Waals surface area contributed by atoms with Gasteiger partial charge in [-0.05, 0) is 30.5 Å². The summed E-state index contributed by atoms with van der Waals surface area (Å²) >= 11 is 0. The van der Waals surface area contributed by atoms with Crippen LogP contribution in [0, 0.1) is 17.8 Å². The fourth-order valence-electron chi connectivity index (χ4n) is 1.62. The number of ether oxygens (including phenoxy) is 2. The highest BCUT2D eigenvalue weighted by molar-refractivity contribution is 5.44. The van der Waals surface area contributed by atoms with Gasteiger partial charge in [0.15, 0.2) is 0 Å². The first kappa shape index (κ1) is 15.6. The third kappa shape index (κ3) is 5.78. The minimum absolute atomic E-state index is 0.367. The highest BCUT2D eigenvalue weighted by atomic mass is 16.5. The Morgan fingerprint density at radius 1 is 1.32 bits per heavy atom. The largest absolute Gasteiger partial charge is 0.496 e. The summed E-state index contributed by atoms with van der Waals surface area (Å²) in [6, 6.07) is 5.84. The maximum Gasteiger partial charge on any atom is 0.124 e. The van der Waals surface area contributed by atoms with Gasteiger partial charge < -0.3 is 15.2 Å². The third-order valence-corrected chi connectivity index (χ3v) is 2.71. The Hall–Kier alpha value is -1.50. The molecule has 0 heterocycles. The van der Waals surface area contributed by atoms with Gasteiger partial charge in [-0.15, -0.1) is 0 Å². The molecule has 0 aromatic heterocycles. The van der Waals surface area contributed by atoms with Crippen molar-refractivity contribution in [3.8, 4) is 17.6 Å². The van der Waals surface area contributed by atoms with Crippen molar-refractivity contribution in [2.75, 3.05) is 20.3 Å². The van der Waals surface area contributed by atoms with E-state index >= 15 is 0 Å². The summed E-state index contributed by atoms with van der Waals surface area (Å²) in [4.78, 5) is 0. The van der Waals surface area contributed by atoms with E-state index in [0.717, 1.165) is 29.9 Å². The molecule has 1 aromatic carbocycles. The Kier molecular flexibility index (Phi) is 7.02. The average Bonchev–Trinajstić information content (AvgIpc) is 2.41. The van der Waals surface area contributed by atoms with E-state index in [-0.39, 0.29) is 0 Å². The van der Waals surface area contributed by atoms with Crippen molar-refractivity contribution in [1.29, 1.82) is 0 Å². The Morgan fingerprint density at radius 2 is 2.11 bits per heavy atom. The normalized spacial score (nSPS) is 10.2. The molecule has 2 N–H and O–H groups in total. The summed E-state index contributed by atoms with van der Waals surface area (Å²) in [5.74, 6) is 7.36. The second-order valence-corrected chi connectivity index (χ2v) is 4.77. The second kappa shape index (κ2) is 8.58. The molecule has 0 spiro atoms. The fraction of sp³-hybridized carbons (Fsp3) is 0.500. The number of nitrogens with two attached hydrogens (primary N) is 1. The smallest absolute Gasteiger partial charge is 0.124 e. The topological polar surface area (TPSA) is 44.5 Å². The molecule has 0 aliphatic heterocycles. The molecule has 0 bridgehead atoms. The van der Waals surface area contributed by atoms with E-state index in [2.05, 4.69) is 25.7 Å². The van der Waals surface area contributed by atoms with E-state index in [4.69, 9.17) is 15.2 Å². The van der Waals surface area contributed by atoms with E-state index in [1.165, 1.54) is 0 Å². The molecule has 0 aliphatic rings. The van der Waals surface area contributed by atoms with Crippen molar-refractivity contribution >= 4 is 0 Å². The maximum absolute atomic E-state index is 5.68. The minimum atomic E-state index is 0.367. The minimum Gasteiger partial charge on any atom is -0.496 e. The van der Waals surface area contributed by atoms with Gasteiger partial charge in [-0.3, -0.25) is 0 Å². The van der Waals surface area contributed by atoms with Crippen LogP contribution in [-0.4, -0.2) is 20.3 Å². The Bertz CT molecular complexity index is 444. The van der Waals surface area contributed by atoms with Crippen LogP contribution >= 0.6 is 0 Å². The third-order valence-electron chi connectivity index (χ3n) is 2.71. The summed E-state index contributed by atoms with van der Waals surface area (Å²) in [6.45, 7) is 6.06. The van der Waals surface area contributed by atoms with Crippen LogP contribution in [0.15, 0.2) is 18.2 Å². The standard InChI is InChI=1S/C16H23NO2/c1-13(2)8-10-19-12-15-11-14(5-4-9-17)6-7-16(15)18-3/h6-7,11,13H,8-10,12,17H2,1-3H3. The van der Waals surface area contributed by atoms with Gasteiger partial charge in [0.05, 0.1) is 20.3 Å². The predicted octanol–water partition coefficient (Wildman–Crippen LogP) is 2.57. The number of benzene rings is 1. The maximum atomic E-state index is 5.68. The SMILES string of the molecule is COc1ccc(C#CCN)cc1COCCC(C)C. The van der Waals surface area contributed by atoms with Gasteiger partial charge in [0, 0.05) is 17.7 Å². The molecule has 0 fully saturated rings.